The monoisotopic (exact) mass is 480 g/mol. The summed E-state index contributed by atoms with van der Waals surface area (Å²) in [6.45, 7) is 4.69. The highest BCUT2D eigenvalue weighted by Crippen LogP contribution is 2.38. The van der Waals surface area contributed by atoms with Crippen molar-refractivity contribution in [2.24, 2.45) is 0 Å². The number of methoxy groups -OCH3 is 1. The van der Waals surface area contributed by atoms with Crippen molar-refractivity contribution in [2.45, 2.75) is 24.7 Å². The number of ether oxygens (including phenoxy) is 2. The average Bonchev–Trinajstić information content (AvgIpc) is 2.84. The first-order valence-electron chi connectivity index (χ1n) is 12.1. The van der Waals surface area contributed by atoms with Crippen LogP contribution in [-0.2, 0) is 22.5 Å². The predicted molar refractivity (Wildman–Crippen MR) is 131 cm³/mol. The molecule has 2 amide bonds. The third-order valence-electron chi connectivity index (χ3n) is 6.96. The molecule has 0 aliphatic carbocycles. The number of amides is 2. The van der Waals surface area contributed by atoms with Gasteiger partial charge in [-0.3, -0.25) is 19.4 Å². The minimum atomic E-state index is -0.885. The fourth-order valence-corrected chi connectivity index (χ4v) is 5.00. The lowest BCUT2D eigenvalue weighted by Gasteiger charge is -2.50. The Kier molecular flexibility index (Phi) is 6.75. The van der Waals surface area contributed by atoms with Crippen LogP contribution in [0.5, 0.6) is 5.75 Å². The van der Waals surface area contributed by atoms with Crippen LogP contribution < -0.4 is 15.4 Å². The molecule has 5 rings (SSSR count). The van der Waals surface area contributed by atoms with Crippen LogP contribution in [0.15, 0.2) is 42.5 Å². The van der Waals surface area contributed by atoms with Crippen LogP contribution in [0.1, 0.15) is 21.5 Å². The van der Waals surface area contributed by atoms with Gasteiger partial charge < -0.3 is 25.2 Å². The third-order valence-corrected chi connectivity index (χ3v) is 6.96. The van der Waals surface area contributed by atoms with Crippen molar-refractivity contribution in [3.63, 3.8) is 0 Å². The van der Waals surface area contributed by atoms with Crippen molar-refractivity contribution in [2.75, 3.05) is 58.3 Å². The Hall–Kier alpha value is -2.98. The molecule has 1 unspecified atom stereocenters. The summed E-state index contributed by atoms with van der Waals surface area (Å²) in [5.74, 6) is 0.0486. The van der Waals surface area contributed by atoms with Crippen LogP contribution in [0, 0.1) is 0 Å². The summed E-state index contributed by atoms with van der Waals surface area (Å²) in [6, 6.07) is 13.4. The molecule has 3 N–H and O–H groups in total. The standard InChI is InChI=1S/C26H32N4O5/c1-34-11-10-30-16-26(17-30)25(33)28-22-12-19(6-7-23(22)35-26)24(32)27-13-21(31)15-29-9-8-18-4-2-3-5-20(18)14-29/h2-7,12,21,31H,8-11,13-17H2,1H3,(H,27,32)(H,28,33). The highest BCUT2D eigenvalue weighted by atomic mass is 16.5. The Bertz CT molecular complexity index is 1100. The summed E-state index contributed by atoms with van der Waals surface area (Å²) in [5, 5.41) is 16.2. The second-order valence-corrected chi connectivity index (χ2v) is 9.58. The van der Waals surface area contributed by atoms with E-state index in [0.29, 0.717) is 43.2 Å². The van der Waals surface area contributed by atoms with E-state index in [4.69, 9.17) is 9.47 Å². The van der Waals surface area contributed by atoms with Gasteiger partial charge in [-0.05, 0) is 35.7 Å². The van der Waals surface area contributed by atoms with E-state index in [2.05, 4.69) is 38.6 Å². The van der Waals surface area contributed by atoms with Gasteiger partial charge >= 0.3 is 0 Å². The molecule has 1 saturated heterocycles. The van der Waals surface area contributed by atoms with E-state index in [1.807, 2.05) is 6.07 Å². The van der Waals surface area contributed by atoms with Gasteiger partial charge in [-0.2, -0.15) is 0 Å². The number of fused-ring (bicyclic) bond motifs is 2. The van der Waals surface area contributed by atoms with Crippen molar-refractivity contribution >= 4 is 17.5 Å². The highest BCUT2D eigenvalue weighted by Gasteiger charge is 2.53. The molecule has 186 valence electrons. The van der Waals surface area contributed by atoms with Crippen molar-refractivity contribution < 1.29 is 24.2 Å². The van der Waals surface area contributed by atoms with Gasteiger partial charge in [-0.1, -0.05) is 24.3 Å². The van der Waals surface area contributed by atoms with E-state index in [9.17, 15) is 14.7 Å². The molecule has 0 radical (unpaired) electrons. The number of β-amino-alcohol motifs (C(OH)–C–C–N with tert-alkyl or cyclic N) is 1. The van der Waals surface area contributed by atoms with Gasteiger partial charge in [0, 0.05) is 58.5 Å². The molecule has 3 aliphatic heterocycles. The van der Waals surface area contributed by atoms with E-state index < -0.39 is 11.7 Å². The van der Waals surface area contributed by atoms with E-state index >= 15 is 0 Å². The number of nitrogens with zero attached hydrogens (tertiary/aromatic N) is 2. The first-order chi connectivity index (χ1) is 17.0. The molecule has 2 aromatic carbocycles. The molecule has 3 heterocycles. The molecule has 9 nitrogen and oxygen atoms in total. The van der Waals surface area contributed by atoms with Crippen LogP contribution in [0.3, 0.4) is 0 Å². The average molecular weight is 481 g/mol. The lowest BCUT2D eigenvalue weighted by molar-refractivity contribution is -0.150. The molecule has 2 aromatic rings. The zero-order chi connectivity index (χ0) is 24.4. The van der Waals surface area contributed by atoms with Crippen molar-refractivity contribution in [3.8, 4) is 5.75 Å². The number of aliphatic hydroxyl groups is 1. The number of benzene rings is 2. The largest absolute Gasteiger partial charge is 0.472 e. The van der Waals surface area contributed by atoms with Gasteiger partial charge in [-0.25, -0.2) is 0 Å². The quantitative estimate of drug-likeness (QED) is 0.515. The first-order valence-corrected chi connectivity index (χ1v) is 12.1. The Morgan fingerprint density at radius 3 is 2.83 bits per heavy atom. The van der Waals surface area contributed by atoms with E-state index in [-0.39, 0.29) is 18.4 Å². The number of anilines is 1. The Morgan fingerprint density at radius 2 is 2.03 bits per heavy atom. The number of carbonyl (C=O) groups excluding carboxylic acids is 2. The zero-order valence-electron chi connectivity index (χ0n) is 20.0. The summed E-state index contributed by atoms with van der Waals surface area (Å²) < 4.78 is 11.1. The van der Waals surface area contributed by atoms with Crippen LogP contribution in [0.4, 0.5) is 5.69 Å². The fraction of sp³-hybridized carbons (Fsp3) is 0.462. The lowest BCUT2D eigenvalue weighted by Crippen LogP contribution is -2.71. The molecular formula is C26H32N4O5. The third kappa shape index (κ3) is 5.04. The molecule has 1 fully saturated rings. The second-order valence-electron chi connectivity index (χ2n) is 9.58. The first kappa shape index (κ1) is 23.7. The van der Waals surface area contributed by atoms with Crippen molar-refractivity contribution in [1.29, 1.82) is 0 Å². The topological polar surface area (TPSA) is 103 Å². The van der Waals surface area contributed by atoms with Gasteiger partial charge in [0.25, 0.3) is 11.8 Å². The summed E-state index contributed by atoms with van der Waals surface area (Å²) in [5.41, 5.74) is 2.65. The van der Waals surface area contributed by atoms with Gasteiger partial charge in [0.2, 0.25) is 5.60 Å². The summed E-state index contributed by atoms with van der Waals surface area (Å²) in [4.78, 5) is 29.7. The van der Waals surface area contributed by atoms with Crippen molar-refractivity contribution in [1.82, 2.24) is 15.1 Å². The summed E-state index contributed by atoms with van der Waals surface area (Å²) in [6.07, 6.45) is 0.286. The van der Waals surface area contributed by atoms with Crippen LogP contribution in [-0.4, -0.2) is 91.4 Å². The fourth-order valence-electron chi connectivity index (χ4n) is 5.00. The molecule has 0 aromatic heterocycles. The lowest BCUT2D eigenvalue weighted by atomic mass is 9.91. The molecule has 1 atom stereocenters. The predicted octanol–water partition coefficient (Wildman–Crippen LogP) is 0.867. The molecular weight excluding hydrogens is 448 g/mol. The van der Waals surface area contributed by atoms with Crippen LogP contribution >= 0.6 is 0 Å². The van der Waals surface area contributed by atoms with E-state index in [0.717, 1.165) is 26.1 Å². The van der Waals surface area contributed by atoms with Gasteiger partial charge in [0.1, 0.15) is 5.75 Å². The van der Waals surface area contributed by atoms with Crippen molar-refractivity contribution in [3.05, 3.63) is 59.2 Å². The van der Waals surface area contributed by atoms with Gasteiger partial charge in [0.05, 0.1) is 18.4 Å². The number of hydrogen-bond acceptors (Lipinski definition) is 7. The molecule has 0 bridgehead atoms. The molecule has 0 saturated carbocycles. The SMILES string of the molecule is COCCN1CC2(C1)Oc1ccc(C(=O)NCC(O)CN3CCc4ccccc4C3)cc1NC2=O. The Morgan fingerprint density at radius 1 is 1.23 bits per heavy atom. The molecule has 1 spiro atoms. The summed E-state index contributed by atoms with van der Waals surface area (Å²) >= 11 is 0. The van der Waals surface area contributed by atoms with Gasteiger partial charge in [0.15, 0.2) is 0 Å². The summed E-state index contributed by atoms with van der Waals surface area (Å²) in [7, 11) is 1.65. The number of hydrogen-bond donors (Lipinski definition) is 3. The number of rotatable bonds is 8. The number of likely N-dealkylation sites (tertiary alicyclic amines) is 1. The minimum absolute atomic E-state index is 0.150. The smallest absolute Gasteiger partial charge is 0.271 e. The molecule has 9 heteroatoms. The maximum atomic E-state index is 12.7. The maximum Gasteiger partial charge on any atom is 0.271 e. The zero-order valence-corrected chi connectivity index (χ0v) is 20.0. The van der Waals surface area contributed by atoms with Crippen LogP contribution in [0.25, 0.3) is 0 Å². The van der Waals surface area contributed by atoms with E-state index in [1.54, 1.807) is 25.3 Å². The number of carbonyl (C=O) groups is 2. The number of aliphatic hydroxyl groups excluding tert-OH is 1. The second kappa shape index (κ2) is 9.94. The normalized spacial score (nSPS) is 19.7. The Balaban J connectivity index is 1.12. The highest BCUT2D eigenvalue weighted by molar-refractivity contribution is 6.03. The molecule has 3 aliphatic rings. The van der Waals surface area contributed by atoms with Gasteiger partial charge in [-0.15, -0.1) is 0 Å². The Labute approximate surface area is 205 Å². The molecule has 35 heavy (non-hydrogen) atoms. The van der Waals surface area contributed by atoms with Crippen LogP contribution in [0.2, 0.25) is 0 Å². The maximum absolute atomic E-state index is 12.7. The minimum Gasteiger partial charge on any atom is -0.472 e. The van der Waals surface area contributed by atoms with E-state index in [1.165, 1.54) is 11.1 Å². The number of nitrogens with one attached hydrogen (secondary N) is 2.